The molecule has 2 aromatic rings. The minimum Gasteiger partial charge on any atom is -0.310 e. The van der Waals surface area contributed by atoms with Gasteiger partial charge in [-0.15, -0.1) is 0 Å². The Morgan fingerprint density at radius 1 is 1.25 bits per heavy atom. The van der Waals surface area contributed by atoms with Crippen molar-refractivity contribution in [2.24, 2.45) is 0 Å². The molecule has 0 spiro atoms. The minimum atomic E-state index is 0.390. The standard InChI is InChI=1S/C16H23N3S/c1-13(20-3)8-9-18-14(2)15-4-6-16(7-5-15)19-11-10-17-12-19/h4-7,10-14,18H,8-9H2,1-3H3. The van der Waals surface area contributed by atoms with Crippen LogP contribution >= 0.6 is 11.8 Å². The normalized spacial score (nSPS) is 14.2. The van der Waals surface area contributed by atoms with Gasteiger partial charge in [-0.25, -0.2) is 4.98 Å². The fourth-order valence-electron chi connectivity index (χ4n) is 2.09. The number of nitrogens with one attached hydrogen (secondary N) is 1. The molecule has 3 nitrogen and oxygen atoms in total. The Bertz CT molecular complexity index is 493. The van der Waals surface area contributed by atoms with E-state index in [1.165, 1.54) is 12.0 Å². The van der Waals surface area contributed by atoms with Gasteiger partial charge >= 0.3 is 0 Å². The predicted octanol–water partition coefficient (Wildman–Crippen LogP) is 3.66. The van der Waals surface area contributed by atoms with Gasteiger partial charge < -0.3 is 9.88 Å². The largest absolute Gasteiger partial charge is 0.310 e. The van der Waals surface area contributed by atoms with Crippen LogP contribution in [0.15, 0.2) is 43.0 Å². The summed E-state index contributed by atoms with van der Waals surface area (Å²) in [5.41, 5.74) is 2.47. The lowest BCUT2D eigenvalue weighted by molar-refractivity contribution is 0.558. The molecule has 0 aliphatic rings. The van der Waals surface area contributed by atoms with Crippen molar-refractivity contribution >= 4 is 11.8 Å². The molecule has 2 unspecified atom stereocenters. The topological polar surface area (TPSA) is 29.9 Å². The van der Waals surface area contributed by atoms with E-state index < -0.39 is 0 Å². The van der Waals surface area contributed by atoms with E-state index in [0.29, 0.717) is 6.04 Å². The van der Waals surface area contributed by atoms with E-state index in [1.54, 1.807) is 6.20 Å². The van der Waals surface area contributed by atoms with Crippen molar-refractivity contribution in [1.82, 2.24) is 14.9 Å². The maximum atomic E-state index is 4.07. The van der Waals surface area contributed by atoms with E-state index in [-0.39, 0.29) is 0 Å². The van der Waals surface area contributed by atoms with Gasteiger partial charge in [-0.3, -0.25) is 0 Å². The van der Waals surface area contributed by atoms with Gasteiger partial charge in [0.2, 0.25) is 0 Å². The van der Waals surface area contributed by atoms with Gasteiger partial charge in [0.15, 0.2) is 0 Å². The molecule has 1 aromatic heterocycles. The molecule has 2 rings (SSSR count). The molecule has 108 valence electrons. The van der Waals surface area contributed by atoms with Crippen LogP contribution < -0.4 is 5.32 Å². The number of hydrogen-bond donors (Lipinski definition) is 1. The first-order valence-corrected chi connectivity index (χ1v) is 8.34. The van der Waals surface area contributed by atoms with Crippen LogP contribution in [0.1, 0.15) is 31.9 Å². The quantitative estimate of drug-likeness (QED) is 0.843. The zero-order valence-corrected chi connectivity index (χ0v) is 13.2. The Balaban J connectivity index is 1.89. The lowest BCUT2D eigenvalue weighted by Gasteiger charge is -2.16. The first-order valence-electron chi connectivity index (χ1n) is 7.05. The Kier molecular flexibility index (Phi) is 5.68. The van der Waals surface area contributed by atoms with E-state index in [1.807, 2.05) is 28.9 Å². The number of rotatable bonds is 7. The maximum absolute atomic E-state index is 4.07. The van der Waals surface area contributed by atoms with Crippen LogP contribution in [0.5, 0.6) is 0 Å². The van der Waals surface area contributed by atoms with E-state index in [2.05, 4.69) is 54.7 Å². The molecule has 0 aliphatic heterocycles. The minimum absolute atomic E-state index is 0.390. The van der Waals surface area contributed by atoms with Crippen molar-refractivity contribution in [3.05, 3.63) is 48.5 Å². The van der Waals surface area contributed by atoms with Crippen molar-refractivity contribution in [3.63, 3.8) is 0 Å². The van der Waals surface area contributed by atoms with Crippen LogP contribution in [0.2, 0.25) is 0 Å². The summed E-state index contributed by atoms with van der Waals surface area (Å²) in [5, 5.41) is 4.31. The molecule has 1 heterocycles. The highest BCUT2D eigenvalue weighted by Gasteiger charge is 2.06. The average Bonchev–Trinajstić information content (AvgIpc) is 3.01. The molecule has 0 saturated carbocycles. The summed E-state index contributed by atoms with van der Waals surface area (Å²) >= 11 is 1.92. The third-order valence-electron chi connectivity index (χ3n) is 3.60. The monoisotopic (exact) mass is 289 g/mol. The van der Waals surface area contributed by atoms with Crippen LogP contribution in [0.4, 0.5) is 0 Å². The first kappa shape index (κ1) is 15.1. The van der Waals surface area contributed by atoms with Crippen LogP contribution in [0.25, 0.3) is 5.69 Å². The van der Waals surface area contributed by atoms with E-state index in [9.17, 15) is 0 Å². The van der Waals surface area contributed by atoms with Crippen molar-refractivity contribution < 1.29 is 0 Å². The third-order valence-corrected chi connectivity index (χ3v) is 4.64. The Morgan fingerprint density at radius 2 is 2.00 bits per heavy atom. The highest BCUT2D eigenvalue weighted by molar-refractivity contribution is 7.99. The summed E-state index contributed by atoms with van der Waals surface area (Å²) in [7, 11) is 0. The molecule has 0 radical (unpaired) electrons. The SMILES string of the molecule is CSC(C)CCNC(C)c1ccc(-n2ccnc2)cc1. The molecule has 0 bridgehead atoms. The van der Waals surface area contributed by atoms with E-state index in [4.69, 9.17) is 0 Å². The molecule has 20 heavy (non-hydrogen) atoms. The summed E-state index contributed by atoms with van der Waals surface area (Å²) in [6, 6.07) is 9.04. The molecule has 0 saturated heterocycles. The lowest BCUT2D eigenvalue weighted by atomic mass is 10.1. The highest BCUT2D eigenvalue weighted by atomic mass is 32.2. The lowest BCUT2D eigenvalue weighted by Crippen LogP contribution is -2.21. The Morgan fingerprint density at radius 3 is 2.60 bits per heavy atom. The van der Waals surface area contributed by atoms with E-state index >= 15 is 0 Å². The second-order valence-electron chi connectivity index (χ2n) is 5.07. The average molecular weight is 289 g/mol. The summed E-state index contributed by atoms with van der Waals surface area (Å²) < 4.78 is 2.02. The molecule has 0 amide bonds. The molecule has 1 N–H and O–H groups in total. The Hall–Kier alpha value is -1.26. The zero-order valence-electron chi connectivity index (χ0n) is 12.4. The van der Waals surface area contributed by atoms with Gasteiger partial charge in [-0.1, -0.05) is 19.1 Å². The number of imidazole rings is 1. The molecule has 2 atom stereocenters. The maximum Gasteiger partial charge on any atom is 0.0991 e. The van der Waals surface area contributed by atoms with Crippen LogP contribution in [0, 0.1) is 0 Å². The number of thioether (sulfide) groups is 1. The Labute approximate surface area is 125 Å². The smallest absolute Gasteiger partial charge is 0.0991 e. The van der Waals surface area contributed by atoms with Gasteiger partial charge in [0.1, 0.15) is 0 Å². The molecule has 0 fully saturated rings. The summed E-state index contributed by atoms with van der Waals surface area (Å²) in [6.45, 7) is 5.55. The fraction of sp³-hybridized carbons (Fsp3) is 0.438. The van der Waals surface area contributed by atoms with Crippen LogP contribution in [-0.2, 0) is 0 Å². The van der Waals surface area contributed by atoms with Crippen molar-refractivity contribution in [2.45, 2.75) is 31.6 Å². The second-order valence-corrected chi connectivity index (χ2v) is 6.35. The van der Waals surface area contributed by atoms with Crippen molar-refractivity contribution in [3.8, 4) is 5.69 Å². The van der Waals surface area contributed by atoms with Crippen molar-refractivity contribution in [1.29, 1.82) is 0 Å². The van der Waals surface area contributed by atoms with Gasteiger partial charge in [-0.05, 0) is 43.8 Å². The molecular weight excluding hydrogens is 266 g/mol. The molecule has 4 heteroatoms. The van der Waals surface area contributed by atoms with Crippen LogP contribution in [0.3, 0.4) is 0 Å². The molecule has 1 aromatic carbocycles. The second kappa shape index (κ2) is 7.50. The first-order chi connectivity index (χ1) is 9.70. The van der Waals surface area contributed by atoms with Gasteiger partial charge in [0.05, 0.1) is 6.33 Å². The van der Waals surface area contributed by atoms with Gasteiger partial charge in [0.25, 0.3) is 0 Å². The zero-order chi connectivity index (χ0) is 14.4. The number of hydrogen-bond acceptors (Lipinski definition) is 3. The highest BCUT2D eigenvalue weighted by Crippen LogP contribution is 2.16. The van der Waals surface area contributed by atoms with Gasteiger partial charge in [0, 0.05) is 29.4 Å². The fourth-order valence-corrected chi connectivity index (χ4v) is 2.44. The van der Waals surface area contributed by atoms with Gasteiger partial charge in [-0.2, -0.15) is 11.8 Å². The van der Waals surface area contributed by atoms with Crippen LogP contribution in [-0.4, -0.2) is 27.6 Å². The third kappa shape index (κ3) is 4.12. The number of benzene rings is 1. The molecular formula is C16H23N3S. The molecule has 0 aliphatic carbocycles. The van der Waals surface area contributed by atoms with E-state index in [0.717, 1.165) is 17.5 Å². The summed E-state index contributed by atoms with van der Waals surface area (Å²) in [4.78, 5) is 4.07. The van der Waals surface area contributed by atoms with Crippen molar-refractivity contribution in [2.75, 3.05) is 12.8 Å². The number of aromatic nitrogens is 2. The predicted molar refractivity (Wildman–Crippen MR) is 87.6 cm³/mol. The summed E-state index contributed by atoms with van der Waals surface area (Å²) in [5.74, 6) is 0. The summed E-state index contributed by atoms with van der Waals surface area (Å²) in [6.07, 6.45) is 8.95. The number of nitrogens with zero attached hydrogens (tertiary/aromatic N) is 2.